The van der Waals surface area contributed by atoms with Crippen LogP contribution >= 0.6 is 11.6 Å². The molecule has 1 saturated carbocycles. The standard InChI is InChI=1S/C13H20ClN3O/c1-9-10(2)13(16-15-12(9)14)17(3)6-7-18-8-11-4-5-11/h11H,4-8H2,1-3H3. The molecule has 0 aromatic carbocycles. The highest BCUT2D eigenvalue weighted by molar-refractivity contribution is 6.30. The molecule has 2 rings (SSSR count). The van der Waals surface area contributed by atoms with Crippen LogP contribution < -0.4 is 4.90 Å². The first kappa shape index (κ1) is 13.6. The Kier molecular flexibility index (Phi) is 4.40. The molecule has 1 heterocycles. The maximum Gasteiger partial charge on any atom is 0.155 e. The first-order valence-corrected chi connectivity index (χ1v) is 6.75. The molecule has 0 atom stereocenters. The van der Waals surface area contributed by atoms with E-state index in [1.807, 2.05) is 20.9 Å². The third-order valence-electron chi connectivity index (χ3n) is 3.42. The molecule has 0 aliphatic heterocycles. The number of halogens is 1. The Morgan fingerprint density at radius 2 is 2.00 bits per heavy atom. The minimum atomic E-state index is 0.481. The van der Waals surface area contributed by atoms with E-state index in [9.17, 15) is 0 Å². The van der Waals surface area contributed by atoms with Crippen molar-refractivity contribution in [3.05, 3.63) is 16.3 Å². The van der Waals surface area contributed by atoms with Crippen LogP contribution in [0.4, 0.5) is 5.82 Å². The van der Waals surface area contributed by atoms with Crippen molar-refractivity contribution in [1.29, 1.82) is 0 Å². The molecule has 0 N–H and O–H groups in total. The van der Waals surface area contributed by atoms with Gasteiger partial charge in [0.25, 0.3) is 0 Å². The van der Waals surface area contributed by atoms with E-state index in [4.69, 9.17) is 16.3 Å². The van der Waals surface area contributed by atoms with E-state index in [1.54, 1.807) is 0 Å². The van der Waals surface area contributed by atoms with Gasteiger partial charge in [-0.1, -0.05) is 11.6 Å². The van der Waals surface area contributed by atoms with Crippen LogP contribution in [0.25, 0.3) is 0 Å². The minimum absolute atomic E-state index is 0.481. The van der Waals surface area contributed by atoms with Gasteiger partial charge >= 0.3 is 0 Å². The molecule has 1 aliphatic rings. The van der Waals surface area contributed by atoms with E-state index in [0.29, 0.717) is 5.15 Å². The van der Waals surface area contributed by atoms with Gasteiger partial charge < -0.3 is 9.64 Å². The van der Waals surface area contributed by atoms with Crippen LogP contribution in [0.5, 0.6) is 0 Å². The Labute approximate surface area is 113 Å². The Hall–Kier alpha value is -0.870. The fourth-order valence-electron chi connectivity index (χ4n) is 1.77. The summed E-state index contributed by atoms with van der Waals surface area (Å²) in [4.78, 5) is 2.07. The smallest absolute Gasteiger partial charge is 0.155 e. The molecule has 1 aromatic heterocycles. The largest absolute Gasteiger partial charge is 0.379 e. The summed E-state index contributed by atoms with van der Waals surface area (Å²) in [6, 6.07) is 0. The fourth-order valence-corrected chi connectivity index (χ4v) is 1.95. The number of likely N-dealkylation sites (N-methyl/N-ethyl adjacent to an activating group) is 1. The highest BCUT2D eigenvalue weighted by Gasteiger charge is 2.21. The fraction of sp³-hybridized carbons (Fsp3) is 0.692. The highest BCUT2D eigenvalue weighted by atomic mass is 35.5. The van der Waals surface area contributed by atoms with Gasteiger partial charge in [0.05, 0.1) is 6.61 Å². The zero-order valence-corrected chi connectivity index (χ0v) is 12.0. The predicted octanol–water partition coefficient (Wildman–Crippen LogP) is 2.61. The van der Waals surface area contributed by atoms with E-state index in [2.05, 4.69) is 15.1 Å². The SMILES string of the molecule is Cc1c(Cl)nnc(N(C)CCOCC2CC2)c1C. The number of nitrogens with zero attached hydrogens (tertiary/aromatic N) is 3. The number of hydrogen-bond donors (Lipinski definition) is 0. The average molecular weight is 270 g/mol. The number of hydrogen-bond acceptors (Lipinski definition) is 4. The van der Waals surface area contributed by atoms with E-state index in [-0.39, 0.29) is 0 Å². The zero-order valence-electron chi connectivity index (χ0n) is 11.2. The maximum atomic E-state index is 5.94. The molecule has 1 aromatic rings. The third kappa shape index (κ3) is 3.33. The second kappa shape index (κ2) is 5.85. The van der Waals surface area contributed by atoms with Gasteiger partial charge in [0.15, 0.2) is 11.0 Å². The van der Waals surface area contributed by atoms with Crippen LogP contribution in [-0.2, 0) is 4.74 Å². The Bertz CT molecular complexity index is 421. The van der Waals surface area contributed by atoms with Crippen molar-refractivity contribution in [2.75, 3.05) is 31.7 Å². The molecule has 0 radical (unpaired) electrons. The van der Waals surface area contributed by atoms with Gasteiger partial charge in [0.1, 0.15) is 0 Å². The van der Waals surface area contributed by atoms with Crippen LogP contribution in [0.1, 0.15) is 24.0 Å². The molecule has 1 fully saturated rings. The second-order valence-electron chi connectivity index (χ2n) is 5.00. The lowest BCUT2D eigenvalue weighted by molar-refractivity contribution is 0.130. The van der Waals surface area contributed by atoms with E-state index in [1.165, 1.54) is 12.8 Å². The van der Waals surface area contributed by atoms with Crippen molar-refractivity contribution in [2.24, 2.45) is 5.92 Å². The minimum Gasteiger partial charge on any atom is -0.379 e. The van der Waals surface area contributed by atoms with Crippen molar-refractivity contribution in [3.63, 3.8) is 0 Å². The lowest BCUT2D eigenvalue weighted by Crippen LogP contribution is -2.25. The van der Waals surface area contributed by atoms with Gasteiger partial charge in [-0.3, -0.25) is 0 Å². The molecule has 5 heteroatoms. The van der Waals surface area contributed by atoms with Crippen molar-refractivity contribution < 1.29 is 4.74 Å². The summed E-state index contributed by atoms with van der Waals surface area (Å²) in [5.74, 6) is 1.70. The Morgan fingerprint density at radius 3 is 2.67 bits per heavy atom. The Morgan fingerprint density at radius 1 is 1.28 bits per heavy atom. The summed E-state index contributed by atoms with van der Waals surface area (Å²) in [6.45, 7) is 6.44. The summed E-state index contributed by atoms with van der Waals surface area (Å²) >= 11 is 5.94. The molecule has 0 bridgehead atoms. The summed E-state index contributed by atoms with van der Waals surface area (Å²) < 4.78 is 5.63. The molecule has 0 saturated heterocycles. The van der Waals surface area contributed by atoms with Crippen LogP contribution in [0.15, 0.2) is 0 Å². The second-order valence-corrected chi connectivity index (χ2v) is 5.36. The third-order valence-corrected chi connectivity index (χ3v) is 3.78. The molecule has 18 heavy (non-hydrogen) atoms. The first-order chi connectivity index (χ1) is 8.59. The van der Waals surface area contributed by atoms with Crippen molar-refractivity contribution in [3.8, 4) is 0 Å². The predicted molar refractivity (Wildman–Crippen MR) is 73.3 cm³/mol. The molecule has 1 aliphatic carbocycles. The maximum absolute atomic E-state index is 5.94. The highest BCUT2D eigenvalue weighted by Crippen LogP contribution is 2.28. The van der Waals surface area contributed by atoms with E-state index >= 15 is 0 Å². The molecular formula is C13H20ClN3O. The summed E-state index contributed by atoms with van der Waals surface area (Å²) in [5.41, 5.74) is 2.08. The van der Waals surface area contributed by atoms with E-state index < -0.39 is 0 Å². The summed E-state index contributed by atoms with van der Waals surface area (Å²) in [7, 11) is 2.00. The zero-order chi connectivity index (χ0) is 13.1. The Balaban J connectivity index is 1.87. The quantitative estimate of drug-likeness (QED) is 0.744. The number of anilines is 1. The molecular weight excluding hydrogens is 250 g/mol. The van der Waals surface area contributed by atoms with Crippen molar-refractivity contribution >= 4 is 17.4 Å². The topological polar surface area (TPSA) is 38.2 Å². The molecule has 0 unspecified atom stereocenters. The van der Waals surface area contributed by atoms with Crippen molar-refractivity contribution in [2.45, 2.75) is 26.7 Å². The van der Waals surface area contributed by atoms with Gasteiger partial charge in [-0.2, -0.15) is 0 Å². The molecule has 0 spiro atoms. The first-order valence-electron chi connectivity index (χ1n) is 6.38. The van der Waals surface area contributed by atoms with Crippen LogP contribution in [-0.4, -0.2) is 37.0 Å². The average Bonchev–Trinajstić information content (AvgIpc) is 3.15. The molecule has 4 nitrogen and oxygen atoms in total. The van der Waals surface area contributed by atoms with Gasteiger partial charge in [-0.15, -0.1) is 10.2 Å². The normalized spacial score (nSPS) is 14.9. The number of aromatic nitrogens is 2. The van der Waals surface area contributed by atoms with Crippen molar-refractivity contribution in [1.82, 2.24) is 10.2 Å². The summed E-state index contributed by atoms with van der Waals surface area (Å²) in [6.07, 6.45) is 2.66. The lowest BCUT2D eigenvalue weighted by atomic mass is 10.2. The summed E-state index contributed by atoms with van der Waals surface area (Å²) in [5, 5.41) is 8.59. The van der Waals surface area contributed by atoms with Crippen LogP contribution in [0.2, 0.25) is 5.15 Å². The molecule has 100 valence electrons. The van der Waals surface area contributed by atoms with Crippen LogP contribution in [0, 0.1) is 19.8 Å². The molecule has 0 amide bonds. The van der Waals surface area contributed by atoms with Crippen LogP contribution in [0.3, 0.4) is 0 Å². The monoisotopic (exact) mass is 269 g/mol. The number of ether oxygens (including phenoxy) is 1. The van der Waals surface area contributed by atoms with Gasteiger partial charge in [0, 0.05) is 20.2 Å². The number of rotatable bonds is 6. The lowest BCUT2D eigenvalue weighted by Gasteiger charge is -2.20. The van der Waals surface area contributed by atoms with Gasteiger partial charge in [0.2, 0.25) is 0 Å². The van der Waals surface area contributed by atoms with Gasteiger partial charge in [-0.05, 0) is 43.7 Å². The van der Waals surface area contributed by atoms with E-state index in [0.717, 1.165) is 42.6 Å². The van der Waals surface area contributed by atoms with Gasteiger partial charge in [-0.25, -0.2) is 0 Å².